The van der Waals surface area contributed by atoms with Crippen molar-refractivity contribution < 1.29 is 29.3 Å². The van der Waals surface area contributed by atoms with Gasteiger partial charge in [0.15, 0.2) is 0 Å². The number of ether oxygens (including phenoxy) is 1. The Morgan fingerprint density at radius 3 is 2.58 bits per heavy atom. The minimum absolute atomic E-state index is 0.0154. The predicted molar refractivity (Wildman–Crippen MR) is 161 cm³/mol. The average Bonchev–Trinajstić information content (AvgIpc) is 3.17. The second-order valence-electron chi connectivity index (χ2n) is 8.73. The number of carboxylic acids is 1. The molecule has 0 unspecified atom stereocenters. The number of thioether (sulfide) groups is 1. The van der Waals surface area contributed by atoms with Crippen molar-refractivity contribution in [1.82, 2.24) is 4.90 Å². The molecular formula is C28H22Cl2N2O6S2. The summed E-state index contributed by atoms with van der Waals surface area (Å²) in [5.41, 5.74) is 2.57. The van der Waals surface area contributed by atoms with Crippen LogP contribution < -0.4 is 10.1 Å². The van der Waals surface area contributed by atoms with Gasteiger partial charge in [-0.15, -0.1) is 0 Å². The van der Waals surface area contributed by atoms with Crippen LogP contribution in [0.4, 0.5) is 5.69 Å². The number of rotatable bonds is 8. The molecule has 0 aliphatic carbocycles. The van der Waals surface area contributed by atoms with Gasteiger partial charge in [0, 0.05) is 39.7 Å². The summed E-state index contributed by atoms with van der Waals surface area (Å²) in [4.78, 5) is 38.6. The molecule has 4 rings (SSSR count). The van der Waals surface area contributed by atoms with E-state index in [0.29, 0.717) is 37.3 Å². The van der Waals surface area contributed by atoms with Crippen LogP contribution in [0, 0.1) is 6.92 Å². The number of phenols is 1. The number of carbonyl (C=O) groups is 3. The third-order valence-electron chi connectivity index (χ3n) is 5.95. The number of aryl methyl sites for hydroxylation is 1. The highest BCUT2D eigenvalue weighted by atomic mass is 35.5. The number of halogens is 2. The van der Waals surface area contributed by atoms with Crippen LogP contribution in [-0.2, 0) is 9.59 Å². The molecule has 1 saturated heterocycles. The van der Waals surface area contributed by atoms with Gasteiger partial charge < -0.3 is 20.3 Å². The van der Waals surface area contributed by atoms with Crippen LogP contribution in [0.5, 0.6) is 11.5 Å². The minimum Gasteiger partial charge on any atom is -0.507 e. The number of phenolic OH excluding ortho intramolecular Hbond substituents is 1. The number of hydrogen-bond acceptors (Lipinski definition) is 7. The molecule has 2 amide bonds. The third-order valence-corrected chi connectivity index (χ3v) is 7.89. The lowest BCUT2D eigenvalue weighted by Crippen LogP contribution is -2.31. The molecule has 3 aromatic rings. The minimum atomic E-state index is -1.12. The Hall–Kier alpha value is -3.57. The first-order valence-corrected chi connectivity index (χ1v) is 13.7. The molecule has 0 bridgehead atoms. The van der Waals surface area contributed by atoms with E-state index >= 15 is 0 Å². The number of methoxy groups -OCH3 is 1. The van der Waals surface area contributed by atoms with Crippen molar-refractivity contribution in [2.24, 2.45) is 0 Å². The number of aromatic carboxylic acids is 1. The Labute approximate surface area is 249 Å². The summed E-state index contributed by atoms with van der Waals surface area (Å²) >= 11 is 19.0. The van der Waals surface area contributed by atoms with Crippen LogP contribution in [0.2, 0.25) is 10.0 Å². The fourth-order valence-electron chi connectivity index (χ4n) is 4.01. The standard InChI is InChI=1S/C28H22Cl2N2O6S2/c1-14-9-16(25(34)19(10-14)18-13-17(29)4-5-20(18)30)12-23-26(35)32(28(39)40-23)8-7-24(33)31-21-6-3-15(27(36)37)11-22(21)38-2/h3-6,9-13,34H,7-8H2,1-2H3,(H,31,33)(H,36,37)/b23-12-. The van der Waals surface area contributed by atoms with Crippen LogP contribution in [0.15, 0.2) is 53.4 Å². The van der Waals surface area contributed by atoms with Gasteiger partial charge in [0.2, 0.25) is 5.91 Å². The number of thiocarbonyl (C=S) groups is 1. The fourth-order valence-corrected chi connectivity index (χ4v) is 5.70. The molecule has 1 heterocycles. The molecule has 0 radical (unpaired) electrons. The number of nitrogens with zero attached hydrogens (tertiary/aromatic N) is 1. The fraction of sp³-hybridized carbons (Fsp3) is 0.143. The summed E-state index contributed by atoms with van der Waals surface area (Å²) in [5.74, 6) is -1.81. The first-order chi connectivity index (χ1) is 19.0. The van der Waals surface area contributed by atoms with Gasteiger partial charge in [-0.05, 0) is 67.1 Å². The Kier molecular flexibility index (Phi) is 9.05. The maximum absolute atomic E-state index is 13.2. The van der Waals surface area contributed by atoms with E-state index in [1.54, 1.807) is 36.4 Å². The van der Waals surface area contributed by atoms with Crippen molar-refractivity contribution >= 4 is 81.0 Å². The molecule has 0 aromatic heterocycles. The molecule has 40 heavy (non-hydrogen) atoms. The molecule has 3 aromatic carbocycles. The van der Waals surface area contributed by atoms with E-state index in [1.165, 1.54) is 30.2 Å². The number of amides is 2. The van der Waals surface area contributed by atoms with Gasteiger partial charge in [-0.25, -0.2) is 4.79 Å². The van der Waals surface area contributed by atoms with Crippen LogP contribution in [0.3, 0.4) is 0 Å². The number of carboxylic acid groups (broad SMARTS) is 1. The Bertz CT molecular complexity index is 1590. The SMILES string of the molecule is COc1cc(C(=O)O)ccc1NC(=O)CCN1C(=O)/C(=C/c2cc(C)cc(-c3cc(Cl)ccc3Cl)c2O)SC1=S. The van der Waals surface area contributed by atoms with Gasteiger partial charge in [0.05, 0.1) is 23.3 Å². The number of anilines is 1. The molecule has 0 atom stereocenters. The van der Waals surface area contributed by atoms with Gasteiger partial charge in [0.25, 0.3) is 5.91 Å². The zero-order valence-electron chi connectivity index (χ0n) is 21.2. The first-order valence-electron chi connectivity index (χ1n) is 11.7. The van der Waals surface area contributed by atoms with Crippen molar-refractivity contribution in [2.75, 3.05) is 19.0 Å². The highest BCUT2D eigenvalue weighted by Gasteiger charge is 2.32. The van der Waals surface area contributed by atoms with Crippen LogP contribution in [0.1, 0.15) is 27.9 Å². The second kappa shape index (κ2) is 12.3. The normalized spacial score (nSPS) is 14.1. The smallest absolute Gasteiger partial charge is 0.335 e. The summed E-state index contributed by atoms with van der Waals surface area (Å²) in [6.45, 7) is 1.87. The first kappa shape index (κ1) is 29.4. The number of benzene rings is 3. The zero-order chi connectivity index (χ0) is 29.1. The molecule has 3 N–H and O–H groups in total. The zero-order valence-corrected chi connectivity index (χ0v) is 24.3. The van der Waals surface area contributed by atoms with E-state index in [-0.39, 0.29) is 34.3 Å². The molecule has 12 heteroatoms. The molecule has 0 saturated carbocycles. The Morgan fingerprint density at radius 1 is 1.12 bits per heavy atom. The van der Waals surface area contributed by atoms with Crippen molar-refractivity contribution in [3.8, 4) is 22.6 Å². The van der Waals surface area contributed by atoms with Crippen LogP contribution in [-0.4, -0.2) is 50.9 Å². The number of aromatic hydroxyl groups is 1. The van der Waals surface area contributed by atoms with Crippen molar-refractivity contribution in [3.05, 3.63) is 80.2 Å². The van der Waals surface area contributed by atoms with E-state index < -0.39 is 17.8 Å². The van der Waals surface area contributed by atoms with E-state index in [2.05, 4.69) is 5.32 Å². The summed E-state index contributed by atoms with van der Waals surface area (Å²) in [5, 5.41) is 23.7. The largest absolute Gasteiger partial charge is 0.507 e. The van der Waals surface area contributed by atoms with Crippen molar-refractivity contribution in [1.29, 1.82) is 0 Å². The molecule has 1 aliphatic heterocycles. The van der Waals surface area contributed by atoms with E-state index in [9.17, 15) is 19.5 Å². The van der Waals surface area contributed by atoms with Crippen LogP contribution in [0.25, 0.3) is 17.2 Å². The predicted octanol–water partition coefficient (Wildman–Crippen LogP) is 6.61. The molecule has 0 spiro atoms. The monoisotopic (exact) mass is 616 g/mol. The van der Waals surface area contributed by atoms with Gasteiger partial charge in [-0.1, -0.05) is 47.2 Å². The highest BCUT2D eigenvalue weighted by Crippen LogP contribution is 2.41. The van der Waals surface area contributed by atoms with Crippen LogP contribution >= 0.6 is 47.2 Å². The summed E-state index contributed by atoms with van der Waals surface area (Å²) in [7, 11) is 1.36. The molecule has 1 aliphatic rings. The van der Waals surface area contributed by atoms with Crippen molar-refractivity contribution in [3.63, 3.8) is 0 Å². The van der Waals surface area contributed by atoms with E-state index in [0.717, 1.165) is 17.3 Å². The van der Waals surface area contributed by atoms with E-state index in [4.69, 9.17) is 45.3 Å². The van der Waals surface area contributed by atoms with Gasteiger partial charge in [-0.3, -0.25) is 14.5 Å². The highest BCUT2D eigenvalue weighted by molar-refractivity contribution is 8.26. The molecule has 1 fully saturated rings. The Balaban J connectivity index is 1.50. The maximum atomic E-state index is 13.2. The second-order valence-corrected chi connectivity index (χ2v) is 11.2. The molecular weight excluding hydrogens is 595 g/mol. The summed E-state index contributed by atoms with van der Waals surface area (Å²) in [6, 6.07) is 12.5. The summed E-state index contributed by atoms with van der Waals surface area (Å²) in [6.07, 6.45) is 1.48. The van der Waals surface area contributed by atoms with Gasteiger partial charge in [0.1, 0.15) is 15.8 Å². The topological polar surface area (TPSA) is 116 Å². The number of nitrogens with one attached hydrogen (secondary N) is 1. The molecule has 206 valence electrons. The number of hydrogen-bond donors (Lipinski definition) is 3. The number of carbonyl (C=O) groups excluding carboxylic acids is 2. The quantitative estimate of drug-likeness (QED) is 0.191. The van der Waals surface area contributed by atoms with E-state index in [1.807, 2.05) is 6.92 Å². The summed E-state index contributed by atoms with van der Waals surface area (Å²) < 4.78 is 5.45. The third kappa shape index (κ3) is 6.42. The van der Waals surface area contributed by atoms with Gasteiger partial charge >= 0.3 is 5.97 Å². The lowest BCUT2D eigenvalue weighted by molar-refractivity contribution is -0.122. The maximum Gasteiger partial charge on any atom is 0.335 e. The van der Waals surface area contributed by atoms with Gasteiger partial charge in [-0.2, -0.15) is 0 Å². The lowest BCUT2D eigenvalue weighted by atomic mass is 9.98. The molecule has 8 nitrogen and oxygen atoms in total. The van der Waals surface area contributed by atoms with Crippen molar-refractivity contribution in [2.45, 2.75) is 13.3 Å². The lowest BCUT2D eigenvalue weighted by Gasteiger charge is -2.15. The Morgan fingerprint density at radius 2 is 1.88 bits per heavy atom. The average molecular weight is 618 g/mol.